The van der Waals surface area contributed by atoms with Crippen molar-refractivity contribution in [2.24, 2.45) is 0 Å². The molecule has 12 aromatic rings. The van der Waals surface area contributed by atoms with Gasteiger partial charge in [0.15, 0.2) is 0 Å². The van der Waals surface area contributed by atoms with Crippen molar-refractivity contribution in [2.75, 3.05) is 67.1 Å². The van der Waals surface area contributed by atoms with Gasteiger partial charge >= 0.3 is 42.1 Å². The fraction of sp³-hybridized carbons (Fsp3) is 0.234. The topological polar surface area (TPSA) is 174 Å². The van der Waals surface area contributed by atoms with Crippen LogP contribution in [0.25, 0.3) is 32.9 Å². The van der Waals surface area contributed by atoms with Gasteiger partial charge < -0.3 is 49.8 Å². The first-order chi connectivity index (χ1) is 59.5. The number of anilines is 12. The van der Waals surface area contributed by atoms with Crippen molar-refractivity contribution in [3.05, 3.63) is 302 Å². The van der Waals surface area contributed by atoms with Gasteiger partial charge in [0, 0.05) is 64.0 Å². The number of aromatic nitrogens is 4. The van der Waals surface area contributed by atoms with Crippen LogP contribution in [-0.4, -0.2) is 64.7 Å². The van der Waals surface area contributed by atoms with Gasteiger partial charge in [0.1, 0.15) is 23.3 Å². The Morgan fingerprint density at radius 2 is 0.586 bits per heavy atom. The summed E-state index contributed by atoms with van der Waals surface area (Å²) in [5, 5.41) is 8.65. The zero-order valence-corrected chi connectivity index (χ0v) is 72.1. The van der Waals surface area contributed by atoms with E-state index in [2.05, 4.69) is 162 Å². The van der Waals surface area contributed by atoms with Gasteiger partial charge in [0.2, 0.25) is 19.7 Å². The summed E-state index contributed by atoms with van der Waals surface area (Å²) < 4.78 is 147. The first-order valence-corrected chi connectivity index (χ1v) is 40.8. The molecular formula is C94H94N14O4Pt2S2. The number of hydrogen-bond acceptors (Lipinski definition) is 16. The van der Waals surface area contributed by atoms with Crippen molar-refractivity contribution < 1.29 is 75.4 Å². The minimum Gasteiger partial charge on any atom is -0.656 e. The van der Waals surface area contributed by atoms with Gasteiger partial charge in [-0.3, -0.25) is 0 Å². The fourth-order valence-corrected chi connectivity index (χ4v) is 17.9. The smallest absolute Gasteiger partial charge is 0.656 e. The Morgan fingerprint density at radius 3 is 0.871 bits per heavy atom. The summed E-state index contributed by atoms with van der Waals surface area (Å²) in [6, 6.07) is 66.3. The number of benzene rings is 10. The first-order valence-electron chi connectivity index (χ1n) is 43.9. The molecule has 0 fully saturated rings. The Balaban J connectivity index is 0.000000161. The normalized spacial score (nSPS) is 16.6. The molecule has 0 N–H and O–H groups in total. The van der Waals surface area contributed by atoms with Crippen LogP contribution in [-0.2, 0) is 61.8 Å². The maximum atomic E-state index is 12.2. The van der Waals surface area contributed by atoms with Crippen LogP contribution in [0.5, 0.6) is 0 Å². The molecule has 0 bridgehead atoms. The van der Waals surface area contributed by atoms with Crippen LogP contribution >= 0.6 is 0 Å². The SMILES string of the molecule is O=S1(=O)c2ccccc2[N-]c2ccccc21.O=S1(=O)c2ccccc2[N-]c2ccccc21.[2H]C([2H])([2H])N1[CH-]N(c2[c-]c(N3[CH-]N(C([2H])([2H])[2H])c4ccccc43)cc(-c3c(C(C)C)cc(C(C)C)cc3C(C)C)c2)c2ccccc21.[2H]C([2H])([2H])N1[CH-]N(c2[c-]c(N3[CH-]N(C([2H])([2H])[2H])c4nccnc43)cc(-c3c(C(C)C)cc(C(C)C)cc3C(C)C)c2)c2nccnc21.[Pt+4].[Pt+4]. The van der Waals surface area contributed by atoms with E-state index in [9.17, 15) is 16.8 Å². The zero-order valence-electron chi connectivity index (χ0n) is 77.9. The molecule has 0 unspecified atom stereocenters. The fourth-order valence-electron chi connectivity index (χ4n) is 14.8. The molecule has 0 atom stereocenters. The molecule has 0 saturated heterocycles. The molecule has 22 heteroatoms. The first kappa shape index (κ1) is 68.8. The van der Waals surface area contributed by atoms with Crippen LogP contribution in [0, 0.1) is 38.8 Å². The molecule has 2 aromatic heterocycles. The summed E-state index contributed by atoms with van der Waals surface area (Å²) in [5.74, 6) is 2.57. The Kier molecular flexibility index (Phi) is 20.2. The van der Waals surface area contributed by atoms with Crippen molar-refractivity contribution in [3.8, 4) is 22.3 Å². The number of sulfone groups is 2. The van der Waals surface area contributed by atoms with Gasteiger partial charge in [-0.2, -0.15) is 13.3 Å². The van der Waals surface area contributed by atoms with Gasteiger partial charge in [-0.1, -0.05) is 204 Å². The molecule has 8 heterocycles. The summed E-state index contributed by atoms with van der Waals surface area (Å²) in [6.45, 7) is 22.7. The van der Waals surface area contributed by atoms with Crippen molar-refractivity contribution >= 4 is 111 Å². The van der Waals surface area contributed by atoms with Gasteiger partial charge in [-0.05, 0) is 156 Å². The number of nitrogens with zero attached hydrogens (tertiary/aromatic N) is 14. The van der Waals surface area contributed by atoms with Crippen molar-refractivity contribution in [1.82, 2.24) is 19.9 Å². The maximum absolute atomic E-state index is 12.2. The summed E-state index contributed by atoms with van der Waals surface area (Å²) in [4.78, 5) is 30.7. The van der Waals surface area contributed by atoms with Crippen LogP contribution in [0.3, 0.4) is 0 Å². The predicted octanol–water partition coefficient (Wildman–Crippen LogP) is 23.8. The monoisotopic (exact) mass is 1950 g/mol. The summed E-state index contributed by atoms with van der Waals surface area (Å²) in [5.41, 5.74) is 18.3. The van der Waals surface area contributed by atoms with Gasteiger partial charge in [-0.15, -0.1) is 106 Å². The Bertz CT molecular complexity index is 5680. The van der Waals surface area contributed by atoms with E-state index in [1.165, 1.54) is 81.3 Å². The molecule has 10 aromatic carbocycles. The second kappa shape index (κ2) is 34.1. The second-order valence-corrected chi connectivity index (χ2v) is 34.0. The third-order valence-corrected chi connectivity index (χ3v) is 24.3. The number of rotatable bonds is 12. The standard InChI is InChI=1S/C37H41N4.C33H37N8.2C12H8NO2S.2Pt/c1-24(2)27-19-31(25(3)4)37(32(20-27)26(5)6)28-17-29(40-22-38(7)33-13-9-11-15-35(33)40)21-30(18-28)41-23-39(8)34-14-10-12-16-36(34)41;1-20(2)23-15-27(21(3)4)29(28(16-23)22(5)6)24-13-25(40-18-38(7)30-32(40)36-11-9-34-30)17-26(14-24)41-19-39(8)31-33(41)37-12-10-35-31;2*14-16(15)11-7-3-1-5-9(11)13-10-6-2-4-8-12(10)16;;/h9-20,22-26H,1-8H3;9-16,18-22H,1-8H3;2*1-8H;;/q2*-3;2*-1;2*+4/i2*7D3,8D3;;;;. The molecule has 0 amide bonds. The van der Waals surface area contributed by atoms with Gasteiger partial charge in [-0.25, -0.2) is 36.8 Å². The number of fused-ring (bicyclic) bond motifs is 8. The maximum Gasteiger partial charge on any atom is 4.00 e. The minimum absolute atomic E-state index is 0. The van der Waals surface area contributed by atoms with Crippen LogP contribution in [0.2, 0.25) is 0 Å². The van der Waals surface area contributed by atoms with Gasteiger partial charge in [0.25, 0.3) is 0 Å². The van der Waals surface area contributed by atoms with Crippen LogP contribution in [0.1, 0.15) is 168 Å². The van der Waals surface area contributed by atoms with E-state index in [4.69, 9.17) is 16.4 Å². The van der Waals surface area contributed by atoms with Crippen LogP contribution in [0.15, 0.2) is 238 Å². The molecule has 18 nitrogen and oxygen atoms in total. The third-order valence-electron chi connectivity index (χ3n) is 20.6. The van der Waals surface area contributed by atoms with Crippen LogP contribution < -0.4 is 39.2 Å². The summed E-state index contributed by atoms with van der Waals surface area (Å²) in [6.07, 6.45) is 5.94. The van der Waals surface area contributed by atoms with Crippen molar-refractivity contribution in [1.29, 1.82) is 0 Å². The molecular weight excluding hydrogens is 1840 g/mol. The van der Waals surface area contributed by atoms with E-state index in [-0.39, 0.29) is 97.0 Å². The van der Waals surface area contributed by atoms with Crippen LogP contribution in [0.4, 0.5) is 91.5 Å². The quantitative estimate of drug-likeness (QED) is 0.106. The molecule has 116 heavy (non-hydrogen) atoms. The predicted molar refractivity (Wildman–Crippen MR) is 464 cm³/mol. The van der Waals surface area contributed by atoms with E-state index in [0.29, 0.717) is 80.3 Å². The van der Waals surface area contributed by atoms with E-state index in [1.54, 1.807) is 132 Å². The van der Waals surface area contributed by atoms with E-state index in [0.717, 1.165) is 43.4 Å². The minimum atomic E-state index is -3.40. The average molecular weight is 1950 g/mol. The zero-order chi connectivity index (χ0) is 90.3. The molecule has 6 aliphatic rings. The molecule has 18 rings (SSSR count). The Hall–Kier alpha value is -10.4. The van der Waals surface area contributed by atoms with Gasteiger partial charge in [0.05, 0.1) is 19.6 Å². The molecule has 0 saturated carbocycles. The average Bonchev–Trinajstić information content (AvgIpc) is 1.71. The van der Waals surface area contributed by atoms with E-state index in [1.807, 2.05) is 58.3 Å². The number of para-hydroxylation sites is 8. The molecule has 0 aliphatic carbocycles. The summed E-state index contributed by atoms with van der Waals surface area (Å²) >= 11 is 0. The van der Waals surface area contributed by atoms with Crippen molar-refractivity contribution in [2.45, 2.75) is 138 Å². The van der Waals surface area contributed by atoms with Crippen molar-refractivity contribution in [3.63, 3.8) is 0 Å². The molecule has 596 valence electrons. The Morgan fingerprint density at radius 1 is 0.328 bits per heavy atom. The summed E-state index contributed by atoms with van der Waals surface area (Å²) in [7, 11) is -6.79. The largest absolute Gasteiger partial charge is 4.00 e. The van der Waals surface area contributed by atoms with E-state index < -0.39 is 47.6 Å². The molecule has 0 spiro atoms. The molecule has 6 aliphatic heterocycles. The Labute approximate surface area is 730 Å². The molecule has 0 radical (unpaired) electrons. The third kappa shape index (κ3) is 15.9. The number of hydrogen-bond donors (Lipinski definition) is 0. The van der Waals surface area contributed by atoms with E-state index >= 15 is 0 Å². The second-order valence-electron chi connectivity index (χ2n) is 30.3.